The number of aliphatic hydroxyl groups excluding tert-OH is 3. The lowest BCUT2D eigenvalue weighted by Crippen LogP contribution is -2.36. The molecule has 5 unspecified atom stereocenters. The summed E-state index contributed by atoms with van der Waals surface area (Å²) in [5, 5.41) is 42.1. The number of aryl methyl sites for hydroxylation is 1. The minimum absolute atomic E-state index is 0.0359. The van der Waals surface area contributed by atoms with Gasteiger partial charge in [0.2, 0.25) is 0 Å². The maximum atomic E-state index is 12.4. The van der Waals surface area contributed by atoms with Gasteiger partial charge in [0.05, 0.1) is 18.9 Å². The van der Waals surface area contributed by atoms with Crippen molar-refractivity contribution in [1.82, 2.24) is 19.6 Å². The van der Waals surface area contributed by atoms with Crippen LogP contribution < -0.4 is 16.5 Å². The van der Waals surface area contributed by atoms with Crippen molar-refractivity contribution in [2.75, 3.05) is 12.3 Å². The number of pyridine rings is 1. The quantitative estimate of drug-likeness (QED) is 0.212. The number of aromatic nitrogens is 3. The molecule has 32 heavy (non-hydrogen) atoms. The number of nitrogens with one attached hydrogen (secondary N) is 1. The van der Waals surface area contributed by atoms with E-state index in [0.29, 0.717) is 0 Å². The number of hydrogen-bond acceptors (Lipinski definition) is 11. The number of aliphatic hydroxyl groups is 3. The van der Waals surface area contributed by atoms with Crippen LogP contribution in [0.3, 0.4) is 0 Å². The lowest BCUT2D eigenvalue weighted by molar-refractivity contribution is -0.0527. The molecule has 3 heterocycles. The van der Waals surface area contributed by atoms with Crippen LogP contribution in [0.1, 0.15) is 23.0 Å². The SMILES string of the molecule is Cc1ncc(CO)c(CNP(=O)(O)OCC2OC(n3ccc(N)nc3=O)C(O)C2O)c1O. The Morgan fingerprint density at radius 3 is 2.75 bits per heavy atom. The molecule has 0 radical (unpaired) electrons. The standard InChI is InChI=1S/C17H24N5O9P/c1-8-13(24)10(9(6-23)4-19-8)5-20-32(28,29)30-7-11-14(25)15(26)16(31-11)22-3-2-12(18)21-17(22)27/h2-4,11,14-16,23-26H,5-7H2,1H3,(H2,18,21,27)(H2,20,28,29). The first-order valence-electron chi connectivity index (χ1n) is 9.40. The molecule has 14 nitrogen and oxygen atoms in total. The largest absolute Gasteiger partial charge is 0.506 e. The number of rotatable bonds is 8. The summed E-state index contributed by atoms with van der Waals surface area (Å²) in [4.78, 5) is 29.4. The van der Waals surface area contributed by atoms with Gasteiger partial charge in [0.25, 0.3) is 0 Å². The molecule has 2 aromatic heterocycles. The van der Waals surface area contributed by atoms with E-state index >= 15 is 0 Å². The molecule has 2 aromatic rings. The Balaban J connectivity index is 1.64. The van der Waals surface area contributed by atoms with Gasteiger partial charge in [0, 0.05) is 30.1 Å². The van der Waals surface area contributed by atoms with Crippen molar-refractivity contribution in [3.8, 4) is 5.75 Å². The lowest BCUT2D eigenvalue weighted by atomic mass is 10.1. The predicted octanol–water partition coefficient (Wildman–Crippen LogP) is -1.75. The van der Waals surface area contributed by atoms with Crippen LogP contribution in [0.2, 0.25) is 0 Å². The summed E-state index contributed by atoms with van der Waals surface area (Å²) in [6.45, 7) is 0.137. The van der Waals surface area contributed by atoms with Crippen LogP contribution in [0.4, 0.5) is 5.82 Å². The first kappa shape index (κ1) is 24.2. The fourth-order valence-electron chi connectivity index (χ4n) is 3.13. The van der Waals surface area contributed by atoms with Crippen molar-refractivity contribution in [3.63, 3.8) is 0 Å². The van der Waals surface area contributed by atoms with Gasteiger partial charge in [0.15, 0.2) is 6.23 Å². The molecule has 1 aliphatic rings. The van der Waals surface area contributed by atoms with Gasteiger partial charge in [-0.25, -0.2) is 14.4 Å². The average molecular weight is 473 g/mol. The highest BCUT2D eigenvalue weighted by Gasteiger charge is 2.45. The number of nitrogens with two attached hydrogens (primary N) is 1. The number of nitrogen functional groups attached to an aromatic ring is 1. The summed E-state index contributed by atoms with van der Waals surface area (Å²) in [7, 11) is -4.46. The Morgan fingerprint density at radius 1 is 1.38 bits per heavy atom. The Hall–Kier alpha value is -2.42. The molecule has 176 valence electrons. The van der Waals surface area contributed by atoms with Crippen molar-refractivity contribution < 1.29 is 39.1 Å². The molecule has 0 saturated carbocycles. The van der Waals surface area contributed by atoms with Crippen molar-refractivity contribution in [2.24, 2.45) is 0 Å². The molecule has 3 rings (SSSR count). The third-order valence-electron chi connectivity index (χ3n) is 4.93. The molecule has 0 aliphatic carbocycles. The lowest BCUT2D eigenvalue weighted by Gasteiger charge is -2.19. The molecule has 0 spiro atoms. The van der Waals surface area contributed by atoms with Crippen LogP contribution in [0.25, 0.3) is 0 Å². The molecule has 5 atom stereocenters. The Morgan fingerprint density at radius 2 is 2.09 bits per heavy atom. The van der Waals surface area contributed by atoms with E-state index < -0.39 is 51.2 Å². The number of anilines is 1. The second-order valence-electron chi connectivity index (χ2n) is 7.09. The van der Waals surface area contributed by atoms with Crippen LogP contribution >= 0.6 is 7.75 Å². The highest BCUT2D eigenvalue weighted by atomic mass is 31.2. The summed E-state index contributed by atoms with van der Waals surface area (Å²) in [5.74, 6) is -0.279. The Labute approximate surface area is 181 Å². The summed E-state index contributed by atoms with van der Waals surface area (Å²) in [6.07, 6.45) is -3.07. The third-order valence-corrected chi connectivity index (χ3v) is 5.99. The van der Waals surface area contributed by atoms with E-state index in [1.807, 2.05) is 0 Å². The van der Waals surface area contributed by atoms with Crippen LogP contribution in [-0.2, 0) is 27.0 Å². The van der Waals surface area contributed by atoms with Crippen molar-refractivity contribution in [2.45, 2.75) is 44.6 Å². The van der Waals surface area contributed by atoms with Gasteiger partial charge in [-0.2, -0.15) is 4.98 Å². The summed E-state index contributed by atoms with van der Waals surface area (Å²) >= 11 is 0. The van der Waals surface area contributed by atoms with E-state index in [9.17, 15) is 34.7 Å². The van der Waals surface area contributed by atoms with Crippen molar-refractivity contribution in [1.29, 1.82) is 0 Å². The van der Waals surface area contributed by atoms with Gasteiger partial charge < -0.3 is 35.8 Å². The van der Waals surface area contributed by atoms with Gasteiger partial charge >= 0.3 is 13.4 Å². The number of aromatic hydroxyl groups is 1. The molecular weight excluding hydrogens is 449 g/mol. The number of hydrogen-bond donors (Lipinski definition) is 7. The van der Waals surface area contributed by atoms with E-state index in [1.54, 1.807) is 0 Å². The Kier molecular flexibility index (Phi) is 7.27. The predicted molar refractivity (Wildman–Crippen MR) is 108 cm³/mol. The zero-order valence-corrected chi connectivity index (χ0v) is 17.8. The topological polar surface area (TPSA) is 223 Å². The molecule has 0 aromatic carbocycles. The molecule has 15 heteroatoms. The van der Waals surface area contributed by atoms with Gasteiger partial charge in [-0.3, -0.25) is 14.1 Å². The van der Waals surface area contributed by atoms with Crippen LogP contribution in [0.5, 0.6) is 5.75 Å². The van der Waals surface area contributed by atoms with E-state index in [0.717, 1.165) is 4.57 Å². The van der Waals surface area contributed by atoms with Crippen LogP contribution in [0.15, 0.2) is 23.3 Å². The average Bonchev–Trinajstić information content (AvgIpc) is 3.02. The molecule has 1 saturated heterocycles. The maximum Gasteiger partial charge on any atom is 0.403 e. The van der Waals surface area contributed by atoms with Gasteiger partial charge in [-0.15, -0.1) is 0 Å². The van der Waals surface area contributed by atoms with E-state index in [2.05, 4.69) is 15.1 Å². The summed E-state index contributed by atoms with van der Waals surface area (Å²) < 4.78 is 23.7. The second kappa shape index (κ2) is 9.60. The van der Waals surface area contributed by atoms with Crippen LogP contribution in [-0.4, -0.2) is 64.8 Å². The second-order valence-corrected chi connectivity index (χ2v) is 8.71. The van der Waals surface area contributed by atoms with E-state index in [4.69, 9.17) is 15.0 Å². The van der Waals surface area contributed by atoms with Crippen molar-refractivity contribution in [3.05, 3.63) is 45.8 Å². The third kappa shape index (κ3) is 5.14. The number of ether oxygens (including phenoxy) is 1. The molecule has 0 bridgehead atoms. The fraction of sp³-hybridized carbons (Fsp3) is 0.471. The van der Waals surface area contributed by atoms with Gasteiger partial charge in [0.1, 0.15) is 29.9 Å². The summed E-state index contributed by atoms with van der Waals surface area (Å²) in [5.41, 5.74) is 5.29. The minimum Gasteiger partial charge on any atom is -0.506 e. The van der Waals surface area contributed by atoms with Gasteiger partial charge in [-0.1, -0.05) is 0 Å². The van der Waals surface area contributed by atoms with E-state index in [1.165, 1.54) is 25.4 Å². The van der Waals surface area contributed by atoms with Crippen LogP contribution in [0, 0.1) is 6.92 Å². The monoisotopic (exact) mass is 473 g/mol. The zero-order valence-electron chi connectivity index (χ0n) is 16.9. The molecule has 0 amide bonds. The molecule has 1 aliphatic heterocycles. The normalized spacial score (nSPS) is 25.0. The highest BCUT2D eigenvalue weighted by molar-refractivity contribution is 7.50. The molecular formula is C17H24N5O9P. The fourth-order valence-corrected chi connectivity index (χ4v) is 3.93. The first-order valence-corrected chi connectivity index (χ1v) is 11.0. The Bertz CT molecular complexity index is 1080. The van der Waals surface area contributed by atoms with E-state index in [-0.39, 0.29) is 34.9 Å². The van der Waals surface area contributed by atoms with Gasteiger partial charge in [-0.05, 0) is 13.0 Å². The molecule has 1 fully saturated rings. The number of nitrogens with zero attached hydrogens (tertiary/aromatic N) is 3. The minimum atomic E-state index is -4.46. The highest BCUT2D eigenvalue weighted by Crippen LogP contribution is 2.40. The first-order chi connectivity index (χ1) is 15.0. The summed E-state index contributed by atoms with van der Waals surface area (Å²) in [6, 6.07) is 1.30. The maximum absolute atomic E-state index is 12.4. The molecule has 8 N–H and O–H groups in total. The smallest absolute Gasteiger partial charge is 0.403 e. The van der Waals surface area contributed by atoms with Crippen molar-refractivity contribution >= 4 is 13.6 Å². The zero-order chi connectivity index (χ0) is 23.6.